The van der Waals surface area contributed by atoms with Crippen LogP contribution in [0.25, 0.3) is 6.08 Å². The summed E-state index contributed by atoms with van der Waals surface area (Å²) in [4.78, 5) is 4.91. The molecule has 1 aliphatic heterocycles. The molecule has 4 nitrogen and oxygen atoms in total. The summed E-state index contributed by atoms with van der Waals surface area (Å²) >= 11 is 1.49. The SMILES string of the molecule is CC(/C=C/c1ccc(N)cc1F)=C\SC1=CN=CNC1N. The van der Waals surface area contributed by atoms with Gasteiger partial charge in [0.1, 0.15) is 12.0 Å². The maximum atomic E-state index is 13.6. The van der Waals surface area contributed by atoms with E-state index in [1.54, 1.807) is 30.7 Å². The lowest BCUT2D eigenvalue weighted by Crippen LogP contribution is -2.38. The normalized spacial score (nSPS) is 18.7. The van der Waals surface area contributed by atoms with Gasteiger partial charge in [0.2, 0.25) is 0 Å². The number of benzene rings is 1. The van der Waals surface area contributed by atoms with Gasteiger partial charge in [0.25, 0.3) is 0 Å². The zero-order valence-corrected chi connectivity index (χ0v) is 12.4. The Hall–Kier alpha value is -2.05. The van der Waals surface area contributed by atoms with Crippen LogP contribution in [0.1, 0.15) is 12.5 Å². The number of anilines is 1. The molecule has 5 N–H and O–H groups in total. The minimum absolute atomic E-state index is 0.241. The Bertz CT molecular complexity index is 635. The number of nitrogens with zero attached hydrogens (tertiary/aromatic N) is 1. The van der Waals surface area contributed by atoms with Crippen molar-refractivity contribution in [2.45, 2.75) is 13.1 Å². The molecular weight excluding hydrogens is 287 g/mol. The third kappa shape index (κ3) is 4.47. The van der Waals surface area contributed by atoms with Gasteiger partial charge in [-0.25, -0.2) is 9.38 Å². The van der Waals surface area contributed by atoms with E-state index in [-0.39, 0.29) is 12.0 Å². The predicted molar refractivity (Wildman–Crippen MR) is 88.9 cm³/mol. The highest BCUT2D eigenvalue weighted by Gasteiger charge is 2.09. The lowest BCUT2D eigenvalue weighted by Gasteiger charge is -2.16. The first kappa shape index (κ1) is 15.3. The molecule has 0 fully saturated rings. The number of rotatable bonds is 4. The molecular formula is C15H17FN4S. The molecule has 0 radical (unpaired) electrons. The molecule has 1 aliphatic rings. The Balaban J connectivity index is 2.01. The molecule has 0 saturated carbocycles. The van der Waals surface area contributed by atoms with Gasteiger partial charge in [-0.05, 0) is 36.1 Å². The Kier molecular flexibility index (Phi) is 5.19. The second-order valence-corrected chi connectivity index (χ2v) is 5.49. The van der Waals surface area contributed by atoms with Crippen LogP contribution < -0.4 is 16.8 Å². The average molecular weight is 304 g/mol. The first-order valence-corrected chi connectivity index (χ1v) is 7.24. The van der Waals surface area contributed by atoms with Gasteiger partial charge < -0.3 is 16.8 Å². The van der Waals surface area contributed by atoms with Crippen LogP contribution in [-0.2, 0) is 0 Å². The van der Waals surface area contributed by atoms with Crippen LogP contribution >= 0.6 is 11.8 Å². The number of allylic oxidation sites excluding steroid dienone is 2. The highest BCUT2D eigenvalue weighted by Crippen LogP contribution is 2.22. The van der Waals surface area contributed by atoms with Crippen molar-refractivity contribution in [3.8, 4) is 0 Å². The summed E-state index contributed by atoms with van der Waals surface area (Å²) < 4.78 is 13.6. The van der Waals surface area contributed by atoms with Crippen molar-refractivity contribution in [2.75, 3.05) is 5.73 Å². The third-order valence-corrected chi connectivity index (χ3v) is 3.89. The summed E-state index contributed by atoms with van der Waals surface area (Å²) in [5, 5.41) is 4.86. The van der Waals surface area contributed by atoms with Gasteiger partial charge in [-0.2, -0.15) is 0 Å². The van der Waals surface area contributed by atoms with Crippen LogP contribution in [0.15, 0.2) is 51.4 Å². The van der Waals surface area contributed by atoms with Crippen molar-refractivity contribution >= 4 is 29.9 Å². The third-order valence-electron chi connectivity index (χ3n) is 2.77. The molecule has 6 heteroatoms. The number of thioether (sulfide) groups is 1. The summed E-state index contributed by atoms with van der Waals surface area (Å²) in [6, 6.07) is 4.63. The second kappa shape index (κ2) is 7.10. The molecule has 1 heterocycles. The molecule has 0 bridgehead atoms. The molecule has 1 aromatic rings. The van der Waals surface area contributed by atoms with Crippen molar-refractivity contribution in [3.63, 3.8) is 0 Å². The summed E-state index contributed by atoms with van der Waals surface area (Å²) in [6.07, 6.45) is 6.60. The van der Waals surface area contributed by atoms with E-state index in [4.69, 9.17) is 11.5 Å². The zero-order chi connectivity index (χ0) is 15.2. The van der Waals surface area contributed by atoms with Crippen LogP contribution in [0.2, 0.25) is 0 Å². The fourth-order valence-corrected chi connectivity index (χ4v) is 2.34. The number of hydrogen-bond donors (Lipinski definition) is 3. The highest BCUT2D eigenvalue weighted by atomic mass is 32.2. The molecule has 21 heavy (non-hydrogen) atoms. The summed E-state index contributed by atoms with van der Waals surface area (Å²) in [5.74, 6) is -0.331. The standard InChI is InChI=1S/C15H17FN4S/c1-10(8-21-14-7-19-9-20-15(14)18)2-3-11-4-5-12(17)6-13(11)16/h2-9,15H,17-18H2,1H3,(H,19,20)/b3-2+,10-8+. The second-order valence-electron chi connectivity index (χ2n) is 4.55. The number of nitrogens with two attached hydrogens (primary N) is 2. The van der Waals surface area contributed by atoms with Crippen LogP contribution in [0.5, 0.6) is 0 Å². The van der Waals surface area contributed by atoms with Crippen LogP contribution in [0, 0.1) is 5.82 Å². The van der Waals surface area contributed by atoms with E-state index < -0.39 is 0 Å². The van der Waals surface area contributed by atoms with E-state index in [1.807, 2.05) is 18.4 Å². The Morgan fingerprint density at radius 3 is 3.00 bits per heavy atom. The maximum Gasteiger partial charge on any atom is 0.132 e. The number of nitrogen functional groups attached to an aromatic ring is 1. The molecule has 110 valence electrons. The van der Waals surface area contributed by atoms with Crippen molar-refractivity contribution in [2.24, 2.45) is 10.7 Å². The molecule has 0 saturated heterocycles. The summed E-state index contributed by atoms with van der Waals surface area (Å²) in [5.41, 5.74) is 13.3. The Labute approximate surface area is 127 Å². The van der Waals surface area contributed by atoms with Gasteiger partial charge in [0.15, 0.2) is 0 Å². The van der Waals surface area contributed by atoms with Crippen LogP contribution in [0.3, 0.4) is 0 Å². The van der Waals surface area contributed by atoms with Gasteiger partial charge >= 0.3 is 0 Å². The maximum absolute atomic E-state index is 13.6. The quantitative estimate of drug-likeness (QED) is 0.590. The number of aliphatic imine (C=N–C) groups is 1. The molecule has 1 aromatic carbocycles. The monoisotopic (exact) mass is 304 g/mol. The molecule has 0 amide bonds. The van der Waals surface area contributed by atoms with Crippen molar-refractivity contribution in [1.29, 1.82) is 0 Å². The number of hydrogen-bond acceptors (Lipinski definition) is 5. The van der Waals surface area contributed by atoms with Crippen molar-refractivity contribution < 1.29 is 4.39 Å². The molecule has 0 aliphatic carbocycles. The lowest BCUT2D eigenvalue weighted by molar-refractivity contribution is 0.626. The molecule has 1 atom stereocenters. The van der Waals surface area contributed by atoms with E-state index in [0.717, 1.165) is 10.5 Å². The van der Waals surface area contributed by atoms with Gasteiger partial charge in [-0.3, -0.25) is 0 Å². The van der Waals surface area contributed by atoms with E-state index in [1.165, 1.54) is 17.8 Å². The topological polar surface area (TPSA) is 76.4 Å². The molecule has 2 rings (SSSR count). The van der Waals surface area contributed by atoms with Crippen molar-refractivity contribution in [3.05, 3.63) is 57.7 Å². The van der Waals surface area contributed by atoms with E-state index >= 15 is 0 Å². The van der Waals surface area contributed by atoms with Crippen LogP contribution in [-0.4, -0.2) is 12.5 Å². The van der Waals surface area contributed by atoms with Gasteiger partial charge in [-0.15, -0.1) is 0 Å². The fourth-order valence-electron chi connectivity index (χ4n) is 1.60. The molecule has 1 unspecified atom stereocenters. The molecule has 0 aromatic heterocycles. The largest absolute Gasteiger partial charge is 0.399 e. The smallest absolute Gasteiger partial charge is 0.132 e. The van der Waals surface area contributed by atoms with E-state index in [9.17, 15) is 4.39 Å². The Morgan fingerprint density at radius 2 is 2.29 bits per heavy atom. The zero-order valence-electron chi connectivity index (χ0n) is 11.6. The van der Waals surface area contributed by atoms with Gasteiger partial charge in [0, 0.05) is 22.4 Å². The fraction of sp³-hybridized carbons (Fsp3) is 0.133. The predicted octanol–water partition coefficient (Wildman–Crippen LogP) is 2.82. The van der Waals surface area contributed by atoms with Crippen molar-refractivity contribution in [1.82, 2.24) is 5.32 Å². The summed E-state index contributed by atoms with van der Waals surface area (Å²) in [6.45, 7) is 1.93. The minimum Gasteiger partial charge on any atom is -0.399 e. The summed E-state index contributed by atoms with van der Waals surface area (Å²) in [7, 11) is 0. The number of halogens is 1. The van der Waals surface area contributed by atoms with E-state index in [0.29, 0.717) is 11.3 Å². The lowest BCUT2D eigenvalue weighted by atomic mass is 10.1. The highest BCUT2D eigenvalue weighted by molar-refractivity contribution is 8.05. The minimum atomic E-state index is -0.331. The first-order chi connectivity index (χ1) is 10.1. The van der Waals surface area contributed by atoms with E-state index in [2.05, 4.69) is 10.3 Å². The van der Waals surface area contributed by atoms with Gasteiger partial charge in [0.05, 0.1) is 6.34 Å². The Morgan fingerprint density at radius 1 is 1.48 bits per heavy atom. The van der Waals surface area contributed by atoms with Crippen LogP contribution in [0.4, 0.5) is 10.1 Å². The average Bonchev–Trinajstić information content (AvgIpc) is 2.45. The number of nitrogens with one attached hydrogen (secondary N) is 1. The first-order valence-electron chi connectivity index (χ1n) is 6.36. The van der Waals surface area contributed by atoms with Gasteiger partial charge in [-0.1, -0.05) is 23.9 Å². The molecule has 0 spiro atoms.